The zero-order chi connectivity index (χ0) is 12.1. The van der Waals surface area contributed by atoms with E-state index in [0.717, 1.165) is 36.7 Å². The van der Waals surface area contributed by atoms with Crippen LogP contribution in [0.25, 0.3) is 0 Å². The van der Waals surface area contributed by atoms with Gasteiger partial charge in [0.25, 0.3) is 5.91 Å². The van der Waals surface area contributed by atoms with Gasteiger partial charge in [0.15, 0.2) is 0 Å². The van der Waals surface area contributed by atoms with Crippen LogP contribution in [0.15, 0.2) is 24.3 Å². The summed E-state index contributed by atoms with van der Waals surface area (Å²) >= 11 is 0. The van der Waals surface area contributed by atoms with Crippen LogP contribution in [0.3, 0.4) is 0 Å². The van der Waals surface area contributed by atoms with Crippen LogP contribution in [0.5, 0.6) is 0 Å². The summed E-state index contributed by atoms with van der Waals surface area (Å²) < 4.78 is 0. The van der Waals surface area contributed by atoms with E-state index in [9.17, 15) is 4.79 Å². The van der Waals surface area contributed by atoms with Gasteiger partial charge in [-0.25, -0.2) is 0 Å². The summed E-state index contributed by atoms with van der Waals surface area (Å²) in [6, 6.07) is 8.43. The normalized spacial score (nSPS) is 14.6. The van der Waals surface area contributed by atoms with Crippen molar-refractivity contribution in [3.63, 3.8) is 0 Å². The van der Waals surface area contributed by atoms with Crippen molar-refractivity contribution in [2.75, 3.05) is 13.1 Å². The third kappa shape index (κ3) is 3.86. The van der Waals surface area contributed by atoms with Gasteiger partial charge in [-0.1, -0.05) is 18.2 Å². The van der Waals surface area contributed by atoms with Crippen LogP contribution in [0.1, 0.15) is 35.2 Å². The number of carbonyl (C=O) groups is 1. The molecule has 0 atom stereocenters. The Balaban J connectivity index is 1.67. The second-order valence-corrected chi connectivity index (χ2v) is 4.65. The van der Waals surface area contributed by atoms with E-state index in [1.165, 1.54) is 12.8 Å². The van der Waals surface area contributed by atoms with Crippen LogP contribution in [0.2, 0.25) is 0 Å². The molecule has 92 valence electrons. The Kier molecular flexibility index (Phi) is 4.15. The summed E-state index contributed by atoms with van der Waals surface area (Å²) in [6.07, 6.45) is 3.62. The van der Waals surface area contributed by atoms with Gasteiger partial charge < -0.3 is 10.6 Å². The average Bonchev–Trinajstić information content (AvgIpc) is 3.13. The molecule has 0 saturated heterocycles. The largest absolute Gasteiger partial charge is 0.352 e. The molecule has 0 spiro atoms. The number of rotatable bonds is 6. The molecule has 2 N–H and O–H groups in total. The molecule has 0 unspecified atom stereocenters. The van der Waals surface area contributed by atoms with Crippen LogP contribution >= 0.6 is 0 Å². The van der Waals surface area contributed by atoms with Gasteiger partial charge in [0.05, 0.1) is 0 Å². The van der Waals surface area contributed by atoms with E-state index in [1.807, 2.05) is 31.2 Å². The maximum absolute atomic E-state index is 11.8. The molecule has 0 bridgehead atoms. The molecule has 1 aliphatic carbocycles. The smallest absolute Gasteiger partial charge is 0.251 e. The van der Waals surface area contributed by atoms with E-state index < -0.39 is 0 Å². The Morgan fingerprint density at radius 3 is 2.76 bits per heavy atom. The summed E-state index contributed by atoms with van der Waals surface area (Å²) in [5, 5.41) is 6.39. The number of benzene rings is 1. The van der Waals surface area contributed by atoms with Gasteiger partial charge in [-0.15, -0.1) is 0 Å². The number of hydrogen-bond acceptors (Lipinski definition) is 2. The molecule has 3 heteroatoms. The molecule has 17 heavy (non-hydrogen) atoms. The Labute approximate surface area is 103 Å². The summed E-state index contributed by atoms with van der Waals surface area (Å²) in [5.74, 6) is 0.0366. The maximum atomic E-state index is 11.8. The SMILES string of the molecule is Cc1ccccc1C(=O)NCCCNC1CC1. The van der Waals surface area contributed by atoms with Crippen molar-refractivity contribution < 1.29 is 4.79 Å². The van der Waals surface area contributed by atoms with Crippen molar-refractivity contribution in [1.29, 1.82) is 0 Å². The first kappa shape index (κ1) is 12.1. The number of nitrogens with one attached hydrogen (secondary N) is 2. The first-order valence-corrected chi connectivity index (χ1v) is 6.34. The lowest BCUT2D eigenvalue weighted by molar-refractivity contribution is 0.0952. The minimum absolute atomic E-state index is 0.0366. The van der Waals surface area contributed by atoms with Crippen molar-refractivity contribution in [1.82, 2.24) is 10.6 Å². The lowest BCUT2D eigenvalue weighted by Crippen LogP contribution is -2.28. The van der Waals surface area contributed by atoms with Crippen molar-refractivity contribution in [2.24, 2.45) is 0 Å². The van der Waals surface area contributed by atoms with Gasteiger partial charge in [-0.2, -0.15) is 0 Å². The fourth-order valence-electron chi connectivity index (χ4n) is 1.81. The molecule has 0 heterocycles. The van der Waals surface area contributed by atoms with Gasteiger partial charge >= 0.3 is 0 Å². The van der Waals surface area contributed by atoms with Gasteiger partial charge in [-0.05, 0) is 44.4 Å². The van der Waals surface area contributed by atoms with Gasteiger partial charge in [0.2, 0.25) is 0 Å². The number of carbonyl (C=O) groups excluding carboxylic acids is 1. The highest BCUT2D eigenvalue weighted by Gasteiger charge is 2.19. The second-order valence-electron chi connectivity index (χ2n) is 4.65. The van der Waals surface area contributed by atoms with E-state index in [2.05, 4.69) is 10.6 Å². The Hall–Kier alpha value is -1.35. The highest BCUT2D eigenvalue weighted by Crippen LogP contribution is 2.18. The van der Waals surface area contributed by atoms with E-state index in [-0.39, 0.29) is 5.91 Å². The van der Waals surface area contributed by atoms with Crippen molar-refractivity contribution >= 4 is 5.91 Å². The molecule has 0 aromatic heterocycles. The van der Waals surface area contributed by atoms with Crippen LogP contribution in [-0.2, 0) is 0 Å². The quantitative estimate of drug-likeness (QED) is 0.735. The van der Waals surface area contributed by atoms with Gasteiger partial charge in [0, 0.05) is 18.2 Å². The number of aryl methyl sites for hydroxylation is 1. The first-order chi connectivity index (χ1) is 8.27. The van der Waals surface area contributed by atoms with E-state index in [0.29, 0.717) is 0 Å². The molecule has 1 saturated carbocycles. The fraction of sp³-hybridized carbons (Fsp3) is 0.500. The molecular weight excluding hydrogens is 212 g/mol. The van der Waals surface area contributed by atoms with Crippen molar-refractivity contribution in [3.05, 3.63) is 35.4 Å². The predicted octanol–water partition coefficient (Wildman–Crippen LogP) is 1.87. The van der Waals surface area contributed by atoms with Crippen molar-refractivity contribution in [2.45, 2.75) is 32.2 Å². The lowest BCUT2D eigenvalue weighted by Gasteiger charge is -2.07. The Bertz CT molecular complexity index is 386. The summed E-state index contributed by atoms with van der Waals surface area (Å²) in [7, 11) is 0. The van der Waals surface area contributed by atoms with Crippen LogP contribution in [0.4, 0.5) is 0 Å². The first-order valence-electron chi connectivity index (χ1n) is 6.34. The highest BCUT2D eigenvalue weighted by molar-refractivity contribution is 5.95. The van der Waals surface area contributed by atoms with Crippen LogP contribution in [-0.4, -0.2) is 25.0 Å². The molecule has 0 aliphatic heterocycles. The zero-order valence-electron chi connectivity index (χ0n) is 10.3. The average molecular weight is 232 g/mol. The Morgan fingerprint density at radius 2 is 2.06 bits per heavy atom. The lowest BCUT2D eigenvalue weighted by atomic mass is 10.1. The van der Waals surface area contributed by atoms with E-state index in [1.54, 1.807) is 0 Å². The molecule has 1 fully saturated rings. The molecule has 3 nitrogen and oxygen atoms in total. The molecule has 1 amide bonds. The minimum Gasteiger partial charge on any atom is -0.352 e. The summed E-state index contributed by atoms with van der Waals surface area (Å²) in [4.78, 5) is 11.8. The van der Waals surface area contributed by atoms with Crippen LogP contribution in [0, 0.1) is 6.92 Å². The molecule has 2 rings (SSSR count). The minimum atomic E-state index is 0.0366. The maximum Gasteiger partial charge on any atom is 0.251 e. The third-order valence-corrected chi connectivity index (χ3v) is 3.04. The van der Waals surface area contributed by atoms with Crippen LogP contribution < -0.4 is 10.6 Å². The Morgan fingerprint density at radius 1 is 1.29 bits per heavy atom. The van der Waals surface area contributed by atoms with Gasteiger partial charge in [0.1, 0.15) is 0 Å². The molecule has 1 aromatic rings. The number of amides is 1. The fourth-order valence-corrected chi connectivity index (χ4v) is 1.81. The van der Waals surface area contributed by atoms with E-state index in [4.69, 9.17) is 0 Å². The zero-order valence-corrected chi connectivity index (χ0v) is 10.3. The molecular formula is C14H20N2O. The monoisotopic (exact) mass is 232 g/mol. The van der Waals surface area contributed by atoms with E-state index >= 15 is 0 Å². The number of hydrogen-bond donors (Lipinski definition) is 2. The molecule has 1 aromatic carbocycles. The topological polar surface area (TPSA) is 41.1 Å². The summed E-state index contributed by atoms with van der Waals surface area (Å²) in [6.45, 7) is 3.70. The third-order valence-electron chi connectivity index (χ3n) is 3.04. The highest BCUT2D eigenvalue weighted by atomic mass is 16.1. The molecule has 0 radical (unpaired) electrons. The van der Waals surface area contributed by atoms with Gasteiger partial charge in [-0.3, -0.25) is 4.79 Å². The standard InChI is InChI=1S/C14H20N2O/c1-11-5-2-3-6-13(11)14(17)16-10-4-9-15-12-7-8-12/h2-3,5-6,12,15H,4,7-10H2,1H3,(H,16,17). The second kappa shape index (κ2) is 5.82. The van der Waals surface area contributed by atoms with Crippen molar-refractivity contribution in [3.8, 4) is 0 Å². The molecule has 1 aliphatic rings. The predicted molar refractivity (Wildman–Crippen MR) is 69.2 cm³/mol. The summed E-state index contributed by atoms with van der Waals surface area (Å²) in [5.41, 5.74) is 1.81.